The first-order chi connectivity index (χ1) is 6.07. The molecule has 0 fully saturated rings. The molecule has 0 heterocycles. The van der Waals surface area contributed by atoms with Gasteiger partial charge in [0, 0.05) is 13.7 Å². The van der Waals surface area contributed by atoms with Crippen molar-refractivity contribution in [3.05, 3.63) is 0 Å². The summed E-state index contributed by atoms with van der Waals surface area (Å²) in [6, 6.07) is 0. The van der Waals surface area contributed by atoms with Gasteiger partial charge in [0.2, 0.25) is 0 Å². The Kier molecular flexibility index (Phi) is 6.54. The Balaban J connectivity index is 3.63. The summed E-state index contributed by atoms with van der Waals surface area (Å²) >= 11 is 0. The van der Waals surface area contributed by atoms with Crippen LogP contribution in [-0.4, -0.2) is 37.5 Å². The van der Waals surface area contributed by atoms with Gasteiger partial charge in [-0.1, -0.05) is 13.8 Å². The second-order valence-corrected chi connectivity index (χ2v) is 3.34. The zero-order valence-electron chi connectivity index (χ0n) is 8.45. The number of hydrogen-bond acceptors (Lipinski definition) is 3. The number of rotatable bonds is 7. The van der Waals surface area contributed by atoms with Gasteiger partial charge in [-0.3, -0.25) is 0 Å². The van der Waals surface area contributed by atoms with Crippen LogP contribution in [0.5, 0.6) is 0 Å². The summed E-state index contributed by atoms with van der Waals surface area (Å²) in [6.07, 6.45) is 0.0387. The van der Waals surface area contributed by atoms with Crippen LogP contribution in [0.4, 0.5) is 0 Å². The molecule has 0 aliphatic carbocycles. The molecule has 13 heavy (non-hydrogen) atoms. The lowest BCUT2D eigenvalue weighted by molar-refractivity contribution is -0.154. The second kappa shape index (κ2) is 6.86. The van der Waals surface area contributed by atoms with E-state index in [-0.39, 0.29) is 6.61 Å². The number of carboxylic acids is 1. The average molecular weight is 190 g/mol. The first-order valence-electron chi connectivity index (χ1n) is 4.41. The molecule has 0 aliphatic heterocycles. The molecule has 4 heteroatoms. The highest BCUT2D eigenvalue weighted by molar-refractivity contribution is 5.72. The van der Waals surface area contributed by atoms with E-state index in [1.165, 1.54) is 7.11 Å². The largest absolute Gasteiger partial charge is 0.479 e. The van der Waals surface area contributed by atoms with Crippen LogP contribution in [0.15, 0.2) is 0 Å². The molecule has 0 amide bonds. The molecule has 0 aromatic carbocycles. The van der Waals surface area contributed by atoms with Gasteiger partial charge < -0.3 is 14.6 Å². The van der Waals surface area contributed by atoms with Crippen molar-refractivity contribution in [3.63, 3.8) is 0 Å². The highest BCUT2D eigenvalue weighted by atomic mass is 16.5. The molecule has 1 N–H and O–H groups in total. The minimum atomic E-state index is -0.967. The maximum absolute atomic E-state index is 10.6. The van der Waals surface area contributed by atoms with Gasteiger partial charge in [0.05, 0.1) is 6.61 Å². The zero-order valence-corrected chi connectivity index (χ0v) is 8.45. The van der Waals surface area contributed by atoms with Crippen LogP contribution >= 0.6 is 0 Å². The van der Waals surface area contributed by atoms with Crippen LogP contribution in [0.2, 0.25) is 0 Å². The topological polar surface area (TPSA) is 55.8 Å². The third-order valence-corrected chi connectivity index (χ3v) is 1.61. The molecule has 0 aromatic rings. The summed E-state index contributed by atoms with van der Waals surface area (Å²) < 4.78 is 9.85. The Hall–Kier alpha value is -0.610. The van der Waals surface area contributed by atoms with Gasteiger partial charge in [0.15, 0.2) is 6.10 Å². The predicted octanol–water partition coefficient (Wildman–Crippen LogP) is 1.15. The van der Waals surface area contributed by atoms with Crippen molar-refractivity contribution in [2.45, 2.75) is 26.4 Å². The first-order valence-corrected chi connectivity index (χ1v) is 4.41. The van der Waals surface area contributed by atoms with Gasteiger partial charge in [-0.15, -0.1) is 0 Å². The fourth-order valence-electron chi connectivity index (χ4n) is 0.788. The van der Waals surface area contributed by atoms with E-state index in [9.17, 15) is 4.79 Å². The standard InChI is InChI=1S/C9H18O4/c1-7(2)4-5-13-8(6-12-3)9(10)11/h7-8H,4-6H2,1-3H3,(H,10,11). The van der Waals surface area contributed by atoms with Crippen molar-refractivity contribution in [2.75, 3.05) is 20.3 Å². The van der Waals surface area contributed by atoms with Crippen molar-refractivity contribution >= 4 is 5.97 Å². The number of hydrogen-bond donors (Lipinski definition) is 1. The minimum Gasteiger partial charge on any atom is -0.479 e. The normalized spacial score (nSPS) is 13.2. The number of carboxylic acid groups (broad SMARTS) is 1. The number of methoxy groups -OCH3 is 1. The lowest BCUT2D eigenvalue weighted by Gasteiger charge is -2.13. The number of ether oxygens (including phenoxy) is 2. The molecule has 0 aliphatic rings. The first kappa shape index (κ1) is 12.4. The smallest absolute Gasteiger partial charge is 0.335 e. The quantitative estimate of drug-likeness (QED) is 0.654. The summed E-state index contributed by atoms with van der Waals surface area (Å²) in [4.78, 5) is 10.6. The molecule has 4 nitrogen and oxygen atoms in total. The average Bonchev–Trinajstić information content (AvgIpc) is 2.02. The van der Waals surface area contributed by atoms with Gasteiger partial charge in [-0.05, 0) is 12.3 Å². The maximum Gasteiger partial charge on any atom is 0.335 e. The predicted molar refractivity (Wildman–Crippen MR) is 48.7 cm³/mol. The van der Waals surface area contributed by atoms with E-state index in [0.717, 1.165) is 6.42 Å². The summed E-state index contributed by atoms with van der Waals surface area (Å²) in [5, 5.41) is 8.66. The number of carbonyl (C=O) groups is 1. The van der Waals surface area contributed by atoms with Crippen molar-refractivity contribution in [3.8, 4) is 0 Å². The van der Waals surface area contributed by atoms with Gasteiger partial charge >= 0.3 is 5.97 Å². The third-order valence-electron chi connectivity index (χ3n) is 1.61. The van der Waals surface area contributed by atoms with Crippen LogP contribution in [0.25, 0.3) is 0 Å². The summed E-state index contributed by atoms with van der Waals surface area (Å²) in [6.45, 7) is 4.70. The van der Waals surface area contributed by atoms with Crippen molar-refractivity contribution in [1.82, 2.24) is 0 Å². The van der Waals surface area contributed by atoms with E-state index in [2.05, 4.69) is 13.8 Å². The zero-order chi connectivity index (χ0) is 10.3. The van der Waals surface area contributed by atoms with Gasteiger partial charge in [0.1, 0.15) is 0 Å². The summed E-state index contributed by atoms with van der Waals surface area (Å²) in [7, 11) is 1.46. The Morgan fingerprint density at radius 1 is 1.46 bits per heavy atom. The Morgan fingerprint density at radius 2 is 2.08 bits per heavy atom. The molecule has 0 saturated carbocycles. The molecule has 0 spiro atoms. The monoisotopic (exact) mass is 190 g/mol. The lowest BCUT2D eigenvalue weighted by atomic mass is 10.1. The molecule has 0 aromatic heterocycles. The highest BCUT2D eigenvalue weighted by Gasteiger charge is 2.17. The molecule has 0 radical (unpaired) electrons. The molecule has 0 saturated heterocycles. The van der Waals surface area contributed by atoms with E-state index in [4.69, 9.17) is 14.6 Å². The van der Waals surface area contributed by atoms with Crippen LogP contribution in [-0.2, 0) is 14.3 Å². The van der Waals surface area contributed by atoms with E-state index in [1.807, 2.05) is 0 Å². The molecule has 78 valence electrons. The van der Waals surface area contributed by atoms with Crippen molar-refractivity contribution in [1.29, 1.82) is 0 Å². The van der Waals surface area contributed by atoms with Gasteiger partial charge in [0.25, 0.3) is 0 Å². The number of aliphatic carboxylic acids is 1. The fourth-order valence-corrected chi connectivity index (χ4v) is 0.788. The van der Waals surface area contributed by atoms with Crippen LogP contribution in [0.3, 0.4) is 0 Å². The van der Waals surface area contributed by atoms with Crippen LogP contribution in [0.1, 0.15) is 20.3 Å². The van der Waals surface area contributed by atoms with E-state index >= 15 is 0 Å². The summed E-state index contributed by atoms with van der Waals surface area (Å²) in [5.74, 6) is -0.442. The lowest BCUT2D eigenvalue weighted by Crippen LogP contribution is -2.29. The van der Waals surface area contributed by atoms with Crippen LogP contribution in [0, 0.1) is 5.92 Å². The maximum atomic E-state index is 10.6. The SMILES string of the molecule is COCC(OCCC(C)C)C(=O)O. The fraction of sp³-hybridized carbons (Fsp3) is 0.889. The van der Waals surface area contributed by atoms with E-state index in [0.29, 0.717) is 12.5 Å². The van der Waals surface area contributed by atoms with Crippen molar-refractivity contribution < 1.29 is 19.4 Å². The second-order valence-electron chi connectivity index (χ2n) is 3.34. The van der Waals surface area contributed by atoms with Gasteiger partial charge in [-0.25, -0.2) is 4.79 Å². The molecule has 0 rings (SSSR count). The van der Waals surface area contributed by atoms with E-state index in [1.54, 1.807) is 0 Å². The Morgan fingerprint density at radius 3 is 2.46 bits per heavy atom. The Labute approximate surface area is 78.8 Å². The highest BCUT2D eigenvalue weighted by Crippen LogP contribution is 2.02. The van der Waals surface area contributed by atoms with Crippen molar-refractivity contribution in [2.24, 2.45) is 5.92 Å². The summed E-state index contributed by atoms with van der Waals surface area (Å²) in [5.41, 5.74) is 0. The molecular formula is C9H18O4. The Bertz CT molecular complexity index is 145. The van der Waals surface area contributed by atoms with E-state index < -0.39 is 12.1 Å². The van der Waals surface area contributed by atoms with Crippen LogP contribution < -0.4 is 0 Å². The molecule has 0 bridgehead atoms. The minimum absolute atomic E-state index is 0.105. The third kappa shape index (κ3) is 6.54. The van der Waals surface area contributed by atoms with Gasteiger partial charge in [-0.2, -0.15) is 0 Å². The molecular weight excluding hydrogens is 172 g/mol. The molecule has 1 unspecified atom stereocenters. The molecule has 1 atom stereocenters.